The van der Waals surface area contributed by atoms with Crippen molar-refractivity contribution in [1.82, 2.24) is 14.9 Å². The summed E-state index contributed by atoms with van der Waals surface area (Å²) < 4.78 is 14.1. The van der Waals surface area contributed by atoms with Crippen molar-refractivity contribution in [2.75, 3.05) is 43.4 Å². The Balaban J connectivity index is 1.39. The molecule has 37 heavy (non-hydrogen) atoms. The van der Waals surface area contributed by atoms with Crippen molar-refractivity contribution >= 4 is 45.5 Å². The van der Waals surface area contributed by atoms with E-state index in [4.69, 9.17) is 16.6 Å². The summed E-state index contributed by atoms with van der Waals surface area (Å²) in [5.41, 5.74) is 4.23. The van der Waals surface area contributed by atoms with Crippen LogP contribution < -0.4 is 10.2 Å². The van der Waals surface area contributed by atoms with Gasteiger partial charge in [0, 0.05) is 48.7 Å². The first-order valence-electron chi connectivity index (χ1n) is 12.5. The molecule has 8 heteroatoms. The monoisotopic (exact) mass is 515 g/mol. The van der Waals surface area contributed by atoms with Gasteiger partial charge >= 0.3 is 0 Å². The lowest BCUT2D eigenvalue weighted by molar-refractivity contribution is 0.0968. The molecule has 0 atom stereocenters. The zero-order chi connectivity index (χ0) is 25.5. The molecule has 1 aliphatic heterocycles. The number of nitrogens with one attached hydrogen (secondary N) is 1. The van der Waals surface area contributed by atoms with Gasteiger partial charge in [-0.2, -0.15) is 0 Å². The normalized spacial score (nSPS) is 16.2. The van der Waals surface area contributed by atoms with E-state index >= 15 is 0 Å². The van der Waals surface area contributed by atoms with Gasteiger partial charge in [0.05, 0.1) is 28.7 Å². The van der Waals surface area contributed by atoms with Crippen molar-refractivity contribution < 1.29 is 9.18 Å². The van der Waals surface area contributed by atoms with Crippen LogP contribution in [0.15, 0.2) is 60.9 Å². The number of rotatable bonds is 6. The van der Waals surface area contributed by atoms with Crippen LogP contribution in [-0.2, 0) is 0 Å². The minimum absolute atomic E-state index is 0.0442. The third-order valence-corrected chi connectivity index (χ3v) is 7.34. The van der Waals surface area contributed by atoms with E-state index in [1.54, 1.807) is 12.3 Å². The van der Waals surface area contributed by atoms with Gasteiger partial charge in [-0.15, -0.1) is 0 Å². The number of fused-ring (bicyclic) bond motifs is 1. The number of ketones is 1. The molecular weight excluding hydrogens is 489 g/mol. The first kappa shape index (κ1) is 23.8. The number of carbonyl (C=O) groups excluding carboxylic acids is 1. The summed E-state index contributed by atoms with van der Waals surface area (Å²) in [6.45, 7) is 3.91. The summed E-state index contributed by atoms with van der Waals surface area (Å²) in [6, 6.07) is 14.2. The maximum Gasteiger partial charge on any atom is 0.169 e. The largest absolute Gasteiger partial charge is 0.354 e. The van der Waals surface area contributed by atoms with Gasteiger partial charge in [0.15, 0.2) is 5.78 Å². The molecule has 1 N–H and O–H groups in total. The number of hydrogen-bond donors (Lipinski definition) is 1. The van der Waals surface area contributed by atoms with Gasteiger partial charge in [0.25, 0.3) is 0 Å². The Labute approximate surface area is 220 Å². The molecular formula is C29H27ClFN5O. The number of pyridine rings is 2. The number of aromatic nitrogens is 2. The van der Waals surface area contributed by atoms with Gasteiger partial charge in [0.1, 0.15) is 11.6 Å². The Bertz CT molecular complexity index is 1460. The van der Waals surface area contributed by atoms with E-state index < -0.39 is 5.82 Å². The lowest BCUT2D eigenvalue weighted by Gasteiger charge is -2.33. The molecule has 2 aromatic carbocycles. The van der Waals surface area contributed by atoms with E-state index in [1.807, 2.05) is 36.5 Å². The van der Waals surface area contributed by atoms with Crippen LogP contribution >= 0.6 is 11.6 Å². The summed E-state index contributed by atoms with van der Waals surface area (Å²) >= 11 is 6.12. The zero-order valence-corrected chi connectivity index (χ0v) is 21.3. The van der Waals surface area contributed by atoms with E-state index in [0.717, 1.165) is 67.0 Å². The average molecular weight is 516 g/mol. The molecule has 4 aromatic rings. The predicted octanol–water partition coefficient (Wildman–Crippen LogP) is 6.18. The second kappa shape index (κ2) is 9.72. The lowest BCUT2D eigenvalue weighted by atomic mass is 9.99. The average Bonchev–Trinajstić information content (AvgIpc) is 3.74. The molecule has 0 bridgehead atoms. The molecule has 2 fully saturated rings. The van der Waals surface area contributed by atoms with Gasteiger partial charge < -0.3 is 15.1 Å². The highest BCUT2D eigenvalue weighted by Crippen LogP contribution is 2.39. The Morgan fingerprint density at radius 1 is 0.973 bits per heavy atom. The fourth-order valence-corrected chi connectivity index (χ4v) is 5.03. The predicted molar refractivity (Wildman–Crippen MR) is 146 cm³/mol. The summed E-state index contributed by atoms with van der Waals surface area (Å²) in [5, 5.41) is 4.58. The fourth-order valence-electron chi connectivity index (χ4n) is 4.81. The Morgan fingerprint density at radius 2 is 1.78 bits per heavy atom. The molecule has 6 rings (SSSR count). The Morgan fingerprint density at radius 3 is 2.49 bits per heavy atom. The minimum atomic E-state index is -0.400. The van der Waals surface area contributed by atoms with E-state index in [1.165, 1.54) is 12.1 Å². The highest BCUT2D eigenvalue weighted by molar-refractivity contribution is 6.30. The maximum atomic E-state index is 14.1. The van der Waals surface area contributed by atoms with Crippen molar-refractivity contribution in [1.29, 1.82) is 0 Å². The zero-order valence-electron chi connectivity index (χ0n) is 20.5. The molecule has 2 aromatic heterocycles. The molecule has 0 amide bonds. The number of nitrogens with zero attached hydrogens (tertiary/aromatic N) is 4. The molecule has 3 heterocycles. The van der Waals surface area contributed by atoms with Crippen LogP contribution in [0.4, 0.5) is 21.6 Å². The summed E-state index contributed by atoms with van der Waals surface area (Å²) in [4.78, 5) is 27.1. The SMILES string of the molecule is CN1CCN(c2ccc(Nc3c(C(=O)C4CC4)cnc4ccc(-c5cc(F)cc(Cl)c5)cc34)cn2)CC1. The third-order valence-electron chi connectivity index (χ3n) is 7.12. The number of carbonyl (C=O) groups is 1. The molecule has 0 spiro atoms. The highest BCUT2D eigenvalue weighted by Gasteiger charge is 2.32. The van der Waals surface area contributed by atoms with Crippen LogP contribution in [0.2, 0.25) is 5.02 Å². The standard InChI is InChI=1S/C29H27ClFN5O/c1-35-8-10-36(11-9-35)27-7-5-23(16-33-27)34-28-24-14-19(20-12-21(30)15-22(31)13-20)4-6-26(24)32-17-25(28)29(37)18-2-3-18/h4-7,12-18H,2-3,8-11H2,1H3,(H,32,34). The molecule has 1 saturated heterocycles. The molecule has 0 radical (unpaired) electrons. The van der Waals surface area contributed by atoms with E-state index in [2.05, 4.69) is 27.1 Å². The topological polar surface area (TPSA) is 61.4 Å². The molecule has 6 nitrogen and oxygen atoms in total. The lowest BCUT2D eigenvalue weighted by Crippen LogP contribution is -2.44. The van der Waals surface area contributed by atoms with Crippen molar-refractivity contribution in [3.8, 4) is 11.1 Å². The molecule has 188 valence electrons. The number of halogens is 2. The number of benzene rings is 2. The first-order valence-corrected chi connectivity index (χ1v) is 12.9. The maximum absolute atomic E-state index is 14.1. The van der Waals surface area contributed by atoms with Crippen molar-refractivity contribution in [2.24, 2.45) is 5.92 Å². The van der Waals surface area contributed by atoms with Gasteiger partial charge in [-0.3, -0.25) is 9.78 Å². The number of anilines is 3. The van der Waals surface area contributed by atoms with Crippen LogP contribution in [0, 0.1) is 11.7 Å². The second-order valence-electron chi connectivity index (χ2n) is 9.90. The second-order valence-corrected chi connectivity index (χ2v) is 10.3. The Hall–Kier alpha value is -3.55. The summed E-state index contributed by atoms with van der Waals surface area (Å²) in [7, 11) is 2.13. The first-order chi connectivity index (χ1) is 17.9. The third kappa shape index (κ3) is 5.02. The van der Waals surface area contributed by atoms with Gasteiger partial charge in [-0.05, 0) is 73.5 Å². The smallest absolute Gasteiger partial charge is 0.169 e. The van der Waals surface area contributed by atoms with Crippen LogP contribution in [0.25, 0.3) is 22.0 Å². The highest BCUT2D eigenvalue weighted by atomic mass is 35.5. The number of hydrogen-bond acceptors (Lipinski definition) is 6. The minimum Gasteiger partial charge on any atom is -0.354 e. The summed E-state index contributed by atoms with van der Waals surface area (Å²) in [5.74, 6) is 0.682. The number of likely N-dealkylation sites (N-methyl/N-ethyl adjacent to an activating group) is 1. The van der Waals surface area contributed by atoms with E-state index in [0.29, 0.717) is 21.8 Å². The number of piperazine rings is 1. The quantitative estimate of drug-likeness (QED) is 0.309. The van der Waals surface area contributed by atoms with E-state index in [-0.39, 0.29) is 11.7 Å². The van der Waals surface area contributed by atoms with Crippen LogP contribution in [0.3, 0.4) is 0 Å². The van der Waals surface area contributed by atoms with Gasteiger partial charge in [-0.25, -0.2) is 9.37 Å². The van der Waals surface area contributed by atoms with Crippen molar-refractivity contribution in [3.63, 3.8) is 0 Å². The van der Waals surface area contributed by atoms with Crippen LogP contribution in [0.1, 0.15) is 23.2 Å². The molecule has 1 saturated carbocycles. The van der Waals surface area contributed by atoms with Crippen molar-refractivity contribution in [2.45, 2.75) is 12.8 Å². The Kier molecular flexibility index (Phi) is 6.26. The van der Waals surface area contributed by atoms with Gasteiger partial charge in [0.2, 0.25) is 0 Å². The number of Topliss-reactive ketones (excluding diaryl/α,β-unsaturated/α-hetero) is 1. The summed E-state index contributed by atoms with van der Waals surface area (Å²) in [6.07, 6.45) is 5.27. The van der Waals surface area contributed by atoms with Crippen molar-refractivity contribution in [3.05, 3.63) is 77.3 Å². The fraction of sp³-hybridized carbons (Fsp3) is 0.276. The van der Waals surface area contributed by atoms with Crippen LogP contribution in [0.5, 0.6) is 0 Å². The molecule has 1 aliphatic carbocycles. The van der Waals surface area contributed by atoms with E-state index in [9.17, 15) is 9.18 Å². The molecule has 0 unspecified atom stereocenters. The molecule has 2 aliphatic rings. The van der Waals surface area contributed by atoms with Crippen LogP contribution in [-0.4, -0.2) is 53.9 Å². The van der Waals surface area contributed by atoms with Gasteiger partial charge in [-0.1, -0.05) is 17.7 Å².